The zero-order valence-corrected chi connectivity index (χ0v) is 14.7. The van der Waals surface area contributed by atoms with Crippen LogP contribution in [-0.2, 0) is 6.54 Å². The Morgan fingerprint density at radius 2 is 2.14 bits per heavy atom. The predicted molar refractivity (Wildman–Crippen MR) is 92.4 cm³/mol. The van der Waals surface area contributed by atoms with Crippen LogP contribution in [0.15, 0.2) is 38.3 Å². The summed E-state index contributed by atoms with van der Waals surface area (Å²) in [5, 5.41) is 0.219. The van der Waals surface area contributed by atoms with Gasteiger partial charge in [0, 0.05) is 16.3 Å². The highest BCUT2D eigenvalue weighted by Gasteiger charge is 2.16. The maximum atomic E-state index is 12.6. The first kappa shape index (κ1) is 16.4. The molecule has 0 aliphatic heterocycles. The number of halogens is 2. The maximum Gasteiger partial charge on any atom is 0.329 e. The van der Waals surface area contributed by atoms with Crippen LogP contribution in [0.4, 0.5) is 0 Å². The summed E-state index contributed by atoms with van der Waals surface area (Å²) in [6.45, 7) is 2.30. The van der Waals surface area contributed by atoms with Crippen LogP contribution >= 0.6 is 39.3 Å². The van der Waals surface area contributed by atoms with Crippen molar-refractivity contribution in [3.8, 4) is 11.1 Å². The summed E-state index contributed by atoms with van der Waals surface area (Å²) in [7, 11) is 0. The van der Waals surface area contributed by atoms with Gasteiger partial charge in [-0.15, -0.1) is 0 Å². The predicted octanol–water partition coefficient (Wildman–Crippen LogP) is 3.37. The first-order valence-corrected chi connectivity index (χ1v) is 8.71. The first-order valence-electron chi connectivity index (χ1n) is 6.25. The third kappa shape index (κ3) is 3.62. The van der Waals surface area contributed by atoms with E-state index in [2.05, 4.69) is 20.9 Å². The molecule has 0 saturated heterocycles. The van der Waals surface area contributed by atoms with Gasteiger partial charge >= 0.3 is 5.69 Å². The van der Waals surface area contributed by atoms with E-state index in [-0.39, 0.29) is 16.0 Å². The molecule has 112 valence electrons. The lowest BCUT2D eigenvalue weighted by atomic mass is 10.1. The summed E-state index contributed by atoms with van der Waals surface area (Å²) in [6, 6.07) is 7.25. The van der Waals surface area contributed by atoms with Gasteiger partial charge in [0.1, 0.15) is 5.15 Å². The lowest BCUT2D eigenvalue weighted by Crippen LogP contribution is -2.38. The van der Waals surface area contributed by atoms with E-state index in [4.69, 9.17) is 11.6 Å². The van der Waals surface area contributed by atoms with E-state index in [0.717, 1.165) is 4.47 Å². The van der Waals surface area contributed by atoms with Crippen molar-refractivity contribution in [2.24, 2.45) is 0 Å². The van der Waals surface area contributed by atoms with Crippen LogP contribution in [0.1, 0.15) is 6.92 Å². The molecule has 0 amide bonds. The van der Waals surface area contributed by atoms with Crippen LogP contribution in [0.25, 0.3) is 11.1 Å². The highest BCUT2D eigenvalue weighted by atomic mass is 79.9. The largest absolute Gasteiger partial charge is 0.329 e. The van der Waals surface area contributed by atoms with E-state index in [1.165, 1.54) is 4.57 Å². The number of hydrogen-bond acceptors (Lipinski definition) is 3. The molecule has 1 heterocycles. The van der Waals surface area contributed by atoms with E-state index < -0.39 is 5.69 Å². The van der Waals surface area contributed by atoms with E-state index in [9.17, 15) is 9.59 Å². The van der Waals surface area contributed by atoms with Gasteiger partial charge in [0.05, 0.1) is 5.56 Å². The fourth-order valence-corrected chi connectivity index (χ4v) is 2.90. The summed E-state index contributed by atoms with van der Waals surface area (Å²) in [6.07, 6.45) is 1.94. The number of nitrogens with one attached hydrogen (secondary N) is 1. The molecule has 0 bridgehead atoms. The molecule has 2 aromatic rings. The quantitative estimate of drug-likeness (QED) is 0.816. The molecular formula is C14H14BrClN2O2S. The molecular weight excluding hydrogens is 376 g/mol. The minimum absolute atomic E-state index is 0.0659. The van der Waals surface area contributed by atoms with Gasteiger partial charge in [-0.05, 0) is 24.0 Å². The molecule has 1 aromatic carbocycles. The monoisotopic (exact) mass is 388 g/mol. The van der Waals surface area contributed by atoms with Gasteiger partial charge in [0.15, 0.2) is 0 Å². The average molecular weight is 390 g/mol. The van der Waals surface area contributed by atoms with Crippen LogP contribution in [0.2, 0.25) is 5.15 Å². The Morgan fingerprint density at radius 1 is 1.43 bits per heavy atom. The molecule has 2 rings (SSSR count). The summed E-state index contributed by atoms with van der Waals surface area (Å²) < 4.78 is 2.04. The van der Waals surface area contributed by atoms with E-state index >= 15 is 0 Å². The summed E-state index contributed by atoms with van der Waals surface area (Å²) in [5.41, 5.74) is 0.124. The van der Waals surface area contributed by atoms with Crippen molar-refractivity contribution in [1.82, 2.24) is 9.55 Å². The molecule has 1 unspecified atom stereocenters. The fraction of sp³-hybridized carbons (Fsp3) is 0.286. The van der Waals surface area contributed by atoms with Crippen molar-refractivity contribution in [1.29, 1.82) is 0 Å². The molecule has 7 heteroatoms. The van der Waals surface area contributed by atoms with Crippen LogP contribution < -0.4 is 11.2 Å². The number of nitrogens with zero attached hydrogens (tertiary/aromatic N) is 1. The second kappa shape index (κ2) is 6.85. The van der Waals surface area contributed by atoms with Crippen molar-refractivity contribution in [2.45, 2.75) is 18.7 Å². The van der Waals surface area contributed by atoms with Gasteiger partial charge in [-0.2, -0.15) is 11.8 Å². The van der Waals surface area contributed by atoms with Crippen molar-refractivity contribution in [2.75, 3.05) is 6.26 Å². The number of aromatic amines is 1. The van der Waals surface area contributed by atoms with E-state index in [1.54, 1.807) is 23.9 Å². The van der Waals surface area contributed by atoms with Gasteiger partial charge in [-0.1, -0.05) is 46.6 Å². The zero-order valence-electron chi connectivity index (χ0n) is 11.5. The lowest BCUT2D eigenvalue weighted by molar-refractivity contribution is 0.627. The molecule has 1 N–H and O–H groups in total. The Morgan fingerprint density at radius 3 is 2.76 bits per heavy atom. The number of H-pyrrole nitrogens is 1. The van der Waals surface area contributed by atoms with Crippen molar-refractivity contribution < 1.29 is 0 Å². The third-order valence-electron chi connectivity index (χ3n) is 3.10. The normalized spacial score (nSPS) is 12.4. The van der Waals surface area contributed by atoms with Crippen molar-refractivity contribution >= 4 is 39.3 Å². The Balaban J connectivity index is 2.65. The Kier molecular flexibility index (Phi) is 5.35. The molecule has 21 heavy (non-hydrogen) atoms. The molecule has 0 radical (unpaired) electrons. The second-order valence-corrected chi connectivity index (χ2v) is 7.16. The number of rotatable bonds is 4. The standard InChI is InChI=1S/C14H14BrClN2O2S/c1-8(21-2)7-18-13(19)11(12(16)17-14(18)20)9-4-3-5-10(15)6-9/h3-6,8H,7H2,1-2H3,(H,17,20). The second-order valence-electron chi connectivity index (χ2n) is 4.59. The Labute approximate surface area is 139 Å². The summed E-state index contributed by atoms with van der Waals surface area (Å²) in [4.78, 5) is 27.1. The van der Waals surface area contributed by atoms with Gasteiger partial charge < -0.3 is 0 Å². The van der Waals surface area contributed by atoms with Gasteiger partial charge in [0.25, 0.3) is 5.56 Å². The zero-order chi connectivity index (χ0) is 15.6. The van der Waals surface area contributed by atoms with Gasteiger partial charge in [0.2, 0.25) is 0 Å². The van der Waals surface area contributed by atoms with E-state index in [1.807, 2.05) is 25.3 Å². The Hall–Kier alpha value is -0.980. The van der Waals surface area contributed by atoms with Crippen molar-refractivity contribution in [3.05, 3.63) is 54.7 Å². The molecule has 1 atom stereocenters. The number of hydrogen-bond donors (Lipinski definition) is 1. The SMILES string of the molecule is CSC(C)Cn1c(=O)[nH]c(Cl)c(-c2cccc(Br)c2)c1=O. The summed E-state index contributed by atoms with van der Waals surface area (Å²) in [5.74, 6) is 0. The minimum Gasteiger partial charge on any atom is -0.297 e. The van der Waals surface area contributed by atoms with Crippen LogP contribution in [0.5, 0.6) is 0 Å². The molecule has 1 aromatic heterocycles. The van der Waals surface area contributed by atoms with Gasteiger partial charge in [-0.25, -0.2) is 4.79 Å². The van der Waals surface area contributed by atoms with Crippen LogP contribution in [0.3, 0.4) is 0 Å². The molecule has 0 fully saturated rings. The van der Waals surface area contributed by atoms with Crippen LogP contribution in [-0.4, -0.2) is 21.1 Å². The Bertz CT molecular complexity index is 772. The van der Waals surface area contributed by atoms with Crippen LogP contribution in [0, 0.1) is 0 Å². The fourth-order valence-electron chi connectivity index (χ4n) is 1.94. The lowest BCUT2D eigenvalue weighted by Gasteiger charge is -2.12. The van der Waals surface area contributed by atoms with Crippen molar-refractivity contribution in [3.63, 3.8) is 0 Å². The summed E-state index contributed by atoms with van der Waals surface area (Å²) >= 11 is 11.0. The average Bonchev–Trinajstić information content (AvgIpc) is 2.43. The molecule has 0 spiro atoms. The maximum absolute atomic E-state index is 12.6. The minimum atomic E-state index is -0.482. The highest BCUT2D eigenvalue weighted by Crippen LogP contribution is 2.24. The molecule has 0 aliphatic carbocycles. The van der Waals surface area contributed by atoms with Gasteiger partial charge in [-0.3, -0.25) is 14.3 Å². The molecule has 4 nitrogen and oxygen atoms in total. The third-order valence-corrected chi connectivity index (χ3v) is 4.83. The number of benzene rings is 1. The first-order chi connectivity index (χ1) is 9.93. The van der Waals surface area contributed by atoms with E-state index in [0.29, 0.717) is 17.7 Å². The number of aromatic nitrogens is 2. The number of thioether (sulfide) groups is 1. The molecule has 0 aliphatic rings. The molecule has 0 saturated carbocycles. The topological polar surface area (TPSA) is 54.9 Å². The smallest absolute Gasteiger partial charge is 0.297 e. The highest BCUT2D eigenvalue weighted by molar-refractivity contribution is 9.10.